The van der Waals surface area contributed by atoms with E-state index in [4.69, 9.17) is 0 Å². The third-order valence-electron chi connectivity index (χ3n) is 6.88. The smallest absolute Gasteiger partial charge is 0.247 e. The van der Waals surface area contributed by atoms with Crippen LogP contribution in [0.4, 0.5) is 0 Å². The molecule has 7 nitrogen and oxygen atoms in total. The largest absolute Gasteiger partial charge is 0.351 e. The Bertz CT molecular complexity index is 1330. The van der Waals surface area contributed by atoms with Gasteiger partial charge in [0.2, 0.25) is 11.8 Å². The summed E-state index contributed by atoms with van der Waals surface area (Å²) in [5.74, 6) is -0.335. The molecule has 0 radical (unpaired) electrons. The normalized spacial score (nSPS) is 14.6. The molecular weight excluding hydrogens is 450 g/mol. The van der Waals surface area contributed by atoms with E-state index in [1.165, 1.54) is 0 Å². The first-order valence-corrected chi connectivity index (χ1v) is 12.6. The molecule has 2 amide bonds. The van der Waals surface area contributed by atoms with Gasteiger partial charge in [0.25, 0.3) is 0 Å². The molecule has 4 aromatic rings. The highest BCUT2D eigenvalue weighted by Gasteiger charge is 2.33. The number of amides is 2. The Morgan fingerprint density at radius 1 is 0.972 bits per heavy atom. The van der Waals surface area contributed by atoms with E-state index < -0.39 is 6.04 Å². The number of carbonyl (C=O) groups excluding carboxylic acids is 2. The van der Waals surface area contributed by atoms with Gasteiger partial charge in [0, 0.05) is 12.6 Å². The topological polar surface area (TPSA) is 80.1 Å². The summed E-state index contributed by atoms with van der Waals surface area (Å²) in [4.78, 5) is 29.4. The Morgan fingerprint density at radius 3 is 2.42 bits per heavy atom. The second-order valence-corrected chi connectivity index (χ2v) is 9.55. The SMILES string of the molecule is Cc1ccc(CN(C(=O)Cn2nnc3ccccc32)[C@H](C(=O)NC2CCCC2)c2ccccc2)cc1. The molecule has 1 heterocycles. The Kier molecular flexibility index (Phi) is 7.07. The summed E-state index contributed by atoms with van der Waals surface area (Å²) in [5.41, 5.74) is 4.41. The van der Waals surface area contributed by atoms with Crippen molar-refractivity contribution < 1.29 is 9.59 Å². The molecule has 1 N–H and O–H groups in total. The zero-order chi connectivity index (χ0) is 24.9. The highest BCUT2D eigenvalue weighted by Crippen LogP contribution is 2.26. The van der Waals surface area contributed by atoms with Gasteiger partial charge in [-0.15, -0.1) is 5.10 Å². The second-order valence-electron chi connectivity index (χ2n) is 9.55. The number of aryl methyl sites for hydroxylation is 1. The molecule has 5 rings (SSSR count). The molecule has 1 saturated carbocycles. The highest BCUT2D eigenvalue weighted by atomic mass is 16.2. The molecule has 36 heavy (non-hydrogen) atoms. The van der Waals surface area contributed by atoms with Gasteiger partial charge in [0.1, 0.15) is 18.1 Å². The Balaban J connectivity index is 1.51. The monoisotopic (exact) mass is 481 g/mol. The highest BCUT2D eigenvalue weighted by molar-refractivity contribution is 5.89. The van der Waals surface area contributed by atoms with Crippen molar-refractivity contribution in [2.75, 3.05) is 0 Å². The van der Waals surface area contributed by atoms with Gasteiger partial charge in [-0.25, -0.2) is 4.68 Å². The predicted molar refractivity (Wildman–Crippen MR) is 139 cm³/mol. The first kappa shape index (κ1) is 23.7. The maximum absolute atomic E-state index is 13.9. The average molecular weight is 482 g/mol. The van der Waals surface area contributed by atoms with Gasteiger partial charge in [-0.3, -0.25) is 9.59 Å². The number of nitrogens with zero attached hydrogens (tertiary/aromatic N) is 4. The number of nitrogens with one attached hydrogen (secondary N) is 1. The standard InChI is InChI=1S/C29H31N5O2/c1-21-15-17-22(18-16-21)19-33(27(35)20-34-26-14-8-7-13-25(26)31-32-34)28(23-9-3-2-4-10-23)29(36)30-24-11-5-6-12-24/h2-4,7-10,13-18,24,28H,5-6,11-12,19-20H2,1H3,(H,30,36)/t28-/m0/s1. The fourth-order valence-corrected chi connectivity index (χ4v) is 4.93. The van der Waals surface area contributed by atoms with Crippen LogP contribution in [0.25, 0.3) is 11.0 Å². The molecule has 184 valence electrons. The van der Waals surface area contributed by atoms with E-state index in [1.807, 2.05) is 85.8 Å². The number of rotatable bonds is 8. The molecule has 0 bridgehead atoms. The summed E-state index contributed by atoms with van der Waals surface area (Å²) < 4.78 is 1.61. The van der Waals surface area contributed by atoms with Crippen LogP contribution in [0, 0.1) is 6.92 Å². The third kappa shape index (κ3) is 5.30. The van der Waals surface area contributed by atoms with Gasteiger partial charge in [0.15, 0.2) is 0 Å². The molecule has 1 aliphatic rings. The summed E-state index contributed by atoms with van der Waals surface area (Å²) in [6.07, 6.45) is 4.19. The molecule has 1 atom stereocenters. The van der Waals surface area contributed by atoms with E-state index in [0.29, 0.717) is 6.54 Å². The summed E-state index contributed by atoms with van der Waals surface area (Å²) in [5, 5.41) is 11.6. The first-order valence-electron chi connectivity index (χ1n) is 12.6. The van der Waals surface area contributed by atoms with Crippen molar-refractivity contribution in [3.05, 3.63) is 95.6 Å². The van der Waals surface area contributed by atoms with Crippen LogP contribution < -0.4 is 5.32 Å². The molecule has 1 aromatic heterocycles. The van der Waals surface area contributed by atoms with Gasteiger partial charge in [-0.1, -0.05) is 90.3 Å². The fraction of sp³-hybridized carbons (Fsp3) is 0.310. The minimum Gasteiger partial charge on any atom is -0.351 e. The van der Waals surface area contributed by atoms with Gasteiger partial charge in [-0.2, -0.15) is 0 Å². The lowest BCUT2D eigenvalue weighted by atomic mass is 10.0. The van der Waals surface area contributed by atoms with Crippen LogP contribution in [0.15, 0.2) is 78.9 Å². The lowest BCUT2D eigenvalue weighted by Crippen LogP contribution is -2.46. The van der Waals surface area contributed by atoms with Crippen molar-refractivity contribution in [3.8, 4) is 0 Å². The number of carbonyl (C=O) groups is 2. The van der Waals surface area contributed by atoms with Crippen molar-refractivity contribution >= 4 is 22.8 Å². The Morgan fingerprint density at radius 2 is 1.67 bits per heavy atom. The number of hydrogen-bond donors (Lipinski definition) is 1. The molecule has 0 spiro atoms. The van der Waals surface area contributed by atoms with Crippen LogP contribution >= 0.6 is 0 Å². The lowest BCUT2D eigenvalue weighted by molar-refractivity contribution is -0.142. The number of fused-ring (bicyclic) bond motifs is 1. The molecule has 1 fully saturated rings. The maximum Gasteiger partial charge on any atom is 0.247 e. The zero-order valence-corrected chi connectivity index (χ0v) is 20.5. The van der Waals surface area contributed by atoms with Crippen LogP contribution in [0.5, 0.6) is 0 Å². The van der Waals surface area contributed by atoms with Crippen LogP contribution in [0.2, 0.25) is 0 Å². The average Bonchev–Trinajstić information content (AvgIpc) is 3.56. The Hall–Kier alpha value is -4.00. The van der Waals surface area contributed by atoms with Crippen molar-refractivity contribution in [2.45, 2.75) is 57.8 Å². The van der Waals surface area contributed by atoms with Crippen LogP contribution in [0.1, 0.15) is 48.4 Å². The minimum atomic E-state index is -0.754. The van der Waals surface area contributed by atoms with Crippen molar-refractivity contribution in [1.82, 2.24) is 25.2 Å². The second kappa shape index (κ2) is 10.7. The van der Waals surface area contributed by atoms with Gasteiger partial charge in [-0.05, 0) is 43.0 Å². The molecule has 7 heteroatoms. The third-order valence-corrected chi connectivity index (χ3v) is 6.88. The first-order chi connectivity index (χ1) is 17.6. The van der Waals surface area contributed by atoms with Gasteiger partial charge >= 0.3 is 0 Å². The van der Waals surface area contributed by atoms with Crippen molar-refractivity contribution in [1.29, 1.82) is 0 Å². The number of benzene rings is 3. The van der Waals surface area contributed by atoms with E-state index >= 15 is 0 Å². The molecule has 0 aliphatic heterocycles. The summed E-state index contributed by atoms with van der Waals surface area (Å²) in [6.45, 7) is 2.33. The van der Waals surface area contributed by atoms with Crippen molar-refractivity contribution in [2.24, 2.45) is 0 Å². The minimum absolute atomic E-state index is 0.00752. The Labute approximate surface area is 211 Å². The summed E-state index contributed by atoms with van der Waals surface area (Å²) >= 11 is 0. The predicted octanol–water partition coefficient (Wildman–Crippen LogP) is 4.57. The zero-order valence-electron chi connectivity index (χ0n) is 20.5. The van der Waals surface area contributed by atoms with E-state index in [1.54, 1.807) is 9.58 Å². The molecule has 0 saturated heterocycles. The van der Waals surface area contributed by atoms with Crippen LogP contribution in [-0.2, 0) is 22.7 Å². The van der Waals surface area contributed by atoms with E-state index in [0.717, 1.165) is 53.4 Å². The summed E-state index contributed by atoms with van der Waals surface area (Å²) in [6, 6.07) is 24.6. The lowest BCUT2D eigenvalue weighted by Gasteiger charge is -2.32. The fourth-order valence-electron chi connectivity index (χ4n) is 4.93. The number of hydrogen-bond acceptors (Lipinski definition) is 4. The van der Waals surface area contributed by atoms with Gasteiger partial charge < -0.3 is 10.2 Å². The molecule has 1 aliphatic carbocycles. The van der Waals surface area contributed by atoms with E-state index in [9.17, 15) is 9.59 Å². The van der Waals surface area contributed by atoms with Crippen molar-refractivity contribution in [3.63, 3.8) is 0 Å². The van der Waals surface area contributed by atoms with Crippen LogP contribution in [-0.4, -0.2) is 37.7 Å². The van der Waals surface area contributed by atoms with E-state index in [-0.39, 0.29) is 24.4 Å². The number of para-hydroxylation sites is 1. The molecule has 0 unspecified atom stereocenters. The molecular formula is C29H31N5O2. The quantitative estimate of drug-likeness (QED) is 0.400. The van der Waals surface area contributed by atoms with Crippen LogP contribution in [0.3, 0.4) is 0 Å². The summed E-state index contributed by atoms with van der Waals surface area (Å²) in [7, 11) is 0. The maximum atomic E-state index is 13.9. The van der Waals surface area contributed by atoms with E-state index in [2.05, 4.69) is 15.6 Å². The molecule has 3 aromatic carbocycles. The number of aromatic nitrogens is 3. The van der Waals surface area contributed by atoms with Gasteiger partial charge in [0.05, 0.1) is 5.52 Å².